The largest absolute Gasteiger partial charge is 0.389 e. The summed E-state index contributed by atoms with van der Waals surface area (Å²) in [6.07, 6.45) is -0.530. The average molecular weight is 330 g/mol. The second-order valence-electron chi connectivity index (χ2n) is 6.43. The highest BCUT2D eigenvalue weighted by atomic mass is 32.1. The molecule has 1 aliphatic rings. The minimum absolute atomic E-state index is 0.0106. The van der Waals surface area contributed by atoms with Crippen molar-refractivity contribution in [2.24, 2.45) is 0 Å². The van der Waals surface area contributed by atoms with Crippen molar-refractivity contribution in [1.29, 1.82) is 0 Å². The average Bonchev–Trinajstić information content (AvgIpc) is 2.94. The lowest BCUT2D eigenvalue weighted by Crippen LogP contribution is -2.42. The lowest BCUT2D eigenvalue weighted by atomic mass is 10.1. The maximum atomic E-state index is 9.91. The molecule has 2 N–H and O–H groups in total. The molecule has 7 nitrogen and oxygen atoms in total. The van der Waals surface area contributed by atoms with E-state index in [1.54, 1.807) is 0 Å². The van der Waals surface area contributed by atoms with Gasteiger partial charge in [-0.05, 0) is 20.8 Å². The Hall–Kier alpha value is -0.800. The minimum atomic E-state index is -0.530. The van der Waals surface area contributed by atoms with Crippen molar-refractivity contribution < 1.29 is 14.6 Å². The van der Waals surface area contributed by atoms with E-state index in [0.717, 1.165) is 37.8 Å². The van der Waals surface area contributed by atoms with Crippen molar-refractivity contribution in [2.45, 2.75) is 39.0 Å². The normalized spacial score (nSPS) is 17.7. The van der Waals surface area contributed by atoms with Crippen LogP contribution in [-0.4, -0.2) is 65.0 Å². The van der Waals surface area contributed by atoms with Crippen LogP contribution in [0.5, 0.6) is 0 Å². The van der Waals surface area contributed by atoms with Gasteiger partial charge in [0, 0.05) is 25.2 Å². The summed E-state index contributed by atoms with van der Waals surface area (Å²) in [6.45, 7) is 10.5. The Morgan fingerprint density at radius 2 is 2.09 bits per heavy atom. The van der Waals surface area contributed by atoms with Crippen LogP contribution >= 0.6 is 11.7 Å². The molecule has 0 radical (unpaired) electrons. The smallest absolute Gasteiger partial charge is 0.168 e. The van der Waals surface area contributed by atoms with Gasteiger partial charge in [0.25, 0.3) is 0 Å². The van der Waals surface area contributed by atoms with Crippen molar-refractivity contribution in [2.75, 3.05) is 44.4 Å². The van der Waals surface area contributed by atoms with Crippen molar-refractivity contribution in [3.8, 4) is 0 Å². The third-order valence-electron chi connectivity index (χ3n) is 3.26. The molecule has 2 heterocycles. The zero-order valence-corrected chi connectivity index (χ0v) is 14.4. The number of β-amino-alcohol motifs (C(OH)–C–C–N with tert-alkyl or cyclic N) is 1. The number of anilines is 1. The molecule has 0 bridgehead atoms. The summed E-state index contributed by atoms with van der Waals surface area (Å²) >= 11 is 1.19. The first-order valence-corrected chi connectivity index (χ1v) is 8.34. The first-order chi connectivity index (χ1) is 10.5. The van der Waals surface area contributed by atoms with Gasteiger partial charge in [-0.25, -0.2) is 0 Å². The molecule has 1 aliphatic heterocycles. The highest BCUT2D eigenvalue weighted by molar-refractivity contribution is 6.99. The number of ether oxygens (including phenoxy) is 2. The first-order valence-electron chi connectivity index (χ1n) is 7.60. The van der Waals surface area contributed by atoms with Gasteiger partial charge < -0.3 is 24.8 Å². The van der Waals surface area contributed by atoms with Crippen LogP contribution in [-0.2, 0) is 16.1 Å². The number of hydrogen-bond donors (Lipinski definition) is 2. The monoisotopic (exact) mass is 330 g/mol. The molecule has 126 valence electrons. The summed E-state index contributed by atoms with van der Waals surface area (Å²) in [5.41, 5.74) is 0.825. The van der Waals surface area contributed by atoms with Gasteiger partial charge in [-0.3, -0.25) is 0 Å². The molecular formula is C14H26N4O3S. The van der Waals surface area contributed by atoms with Crippen LogP contribution in [0, 0.1) is 0 Å². The van der Waals surface area contributed by atoms with E-state index in [1.165, 1.54) is 11.7 Å². The van der Waals surface area contributed by atoms with E-state index < -0.39 is 6.10 Å². The van der Waals surface area contributed by atoms with Crippen molar-refractivity contribution in [3.05, 3.63) is 5.69 Å². The predicted molar refractivity (Wildman–Crippen MR) is 86.4 cm³/mol. The van der Waals surface area contributed by atoms with E-state index in [2.05, 4.69) is 39.7 Å². The topological polar surface area (TPSA) is 79.7 Å². The Labute approximate surface area is 135 Å². The van der Waals surface area contributed by atoms with Crippen molar-refractivity contribution >= 4 is 17.5 Å². The Kier molecular flexibility index (Phi) is 6.51. The SMILES string of the molecule is CC(C)(C)NC[C@H](O)COCc1nsnc1N1CCOCC1. The molecule has 1 saturated heterocycles. The van der Waals surface area contributed by atoms with E-state index in [0.29, 0.717) is 13.2 Å². The maximum absolute atomic E-state index is 9.91. The fourth-order valence-corrected chi connectivity index (χ4v) is 2.65. The number of aromatic nitrogens is 2. The molecule has 1 fully saturated rings. The van der Waals surface area contributed by atoms with Gasteiger partial charge in [0.2, 0.25) is 0 Å². The molecular weight excluding hydrogens is 304 g/mol. The van der Waals surface area contributed by atoms with Crippen LogP contribution in [0.1, 0.15) is 26.5 Å². The lowest BCUT2D eigenvalue weighted by Gasteiger charge is -2.27. The van der Waals surface area contributed by atoms with E-state index in [-0.39, 0.29) is 12.1 Å². The summed E-state index contributed by atoms with van der Waals surface area (Å²) in [5.74, 6) is 0.885. The number of hydrogen-bond acceptors (Lipinski definition) is 8. The quantitative estimate of drug-likeness (QED) is 0.759. The lowest BCUT2D eigenvalue weighted by molar-refractivity contribution is 0.0252. The van der Waals surface area contributed by atoms with Crippen LogP contribution in [0.3, 0.4) is 0 Å². The van der Waals surface area contributed by atoms with Crippen LogP contribution < -0.4 is 10.2 Å². The Morgan fingerprint density at radius 3 is 2.77 bits per heavy atom. The summed E-state index contributed by atoms with van der Waals surface area (Å²) in [7, 11) is 0. The molecule has 0 aromatic carbocycles. The first kappa shape index (κ1) is 17.6. The summed E-state index contributed by atoms with van der Waals surface area (Å²) < 4.78 is 19.6. The molecule has 2 rings (SSSR count). The Bertz CT molecular complexity index is 444. The standard InChI is InChI=1S/C14H26N4O3S/c1-14(2,3)15-8-11(19)9-21-10-12-13(17-22-16-12)18-4-6-20-7-5-18/h11,15,19H,4-10H2,1-3H3/t11-/m0/s1. The number of aliphatic hydroxyl groups is 1. The second kappa shape index (κ2) is 8.16. The number of aliphatic hydroxyl groups excluding tert-OH is 1. The number of nitrogens with zero attached hydrogens (tertiary/aromatic N) is 3. The second-order valence-corrected chi connectivity index (χ2v) is 6.96. The molecule has 1 atom stereocenters. The molecule has 0 amide bonds. The van der Waals surface area contributed by atoms with Crippen molar-refractivity contribution in [3.63, 3.8) is 0 Å². The molecule has 1 aromatic heterocycles. The van der Waals surface area contributed by atoms with E-state index in [9.17, 15) is 5.11 Å². The van der Waals surface area contributed by atoms with Gasteiger partial charge in [0.05, 0.1) is 44.3 Å². The highest BCUT2D eigenvalue weighted by Gasteiger charge is 2.19. The van der Waals surface area contributed by atoms with Gasteiger partial charge in [0.15, 0.2) is 5.82 Å². The fourth-order valence-electron chi connectivity index (χ4n) is 2.08. The van der Waals surface area contributed by atoms with E-state index in [4.69, 9.17) is 9.47 Å². The maximum Gasteiger partial charge on any atom is 0.168 e. The van der Waals surface area contributed by atoms with Crippen LogP contribution in [0.15, 0.2) is 0 Å². The molecule has 0 unspecified atom stereocenters. The molecule has 8 heteroatoms. The molecule has 22 heavy (non-hydrogen) atoms. The molecule has 1 aromatic rings. The fraction of sp³-hybridized carbons (Fsp3) is 0.857. The van der Waals surface area contributed by atoms with Gasteiger partial charge in [-0.2, -0.15) is 8.75 Å². The zero-order chi connectivity index (χ0) is 16.0. The van der Waals surface area contributed by atoms with Crippen LogP contribution in [0.4, 0.5) is 5.82 Å². The molecule has 0 saturated carbocycles. The van der Waals surface area contributed by atoms with Gasteiger partial charge >= 0.3 is 0 Å². The third-order valence-corrected chi connectivity index (χ3v) is 3.82. The van der Waals surface area contributed by atoms with Gasteiger partial charge in [0.1, 0.15) is 5.69 Å². The predicted octanol–water partition coefficient (Wildman–Crippen LogP) is 0.640. The van der Waals surface area contributed by atoms with Gasteiger partial charge in [-0.1, -0.05) is 0 Å². The Morgan fingerprint density at radius 1 is 1.36 bits per heavy atom. The number of morpholine rings is 1. The van der Waals surface area contributed by atoms with Crippen LogP contribution in [0.2, 0.25) is 0 Å². The number of rotatable bonds is 7. The highest BCUT2D eigenvalue weighted by Crippen LogP contribution is 2.20. The number of nitrogens with one attached hydrogen (secondary N) is 1. The third kappa shape index (κ3) is 5.77. The summed E-state index contributed by atoms with van der Waals surface area (Å²) in [6, 6.07) is 0. The van der Waals surface area contributed by atoms with Gasteiger partial charge in [-0.15, -0.1) is 0 Å². The summed E-state index contributed by atoms with van der Waals surface area (Å²) in [4.78, 5) is 2.17. The molecule has 0 aliphatic carbocycles. The minimum Gasteiger partial charge on any atom is -0.389 e. The zero-order valence-electron chi connectivity index (χ0n) is 13.5. The molecule has 0 spiro atoms. The van der Waals surface area contributed by atoms with E-state index in [1.807, 2.05) is 0 Å². The van der Waals surface area contributed by atoms with E-state index >= 15 is 0 Å². The summed E-state index contributed by atoms with van der Waals surface area (Å²) in [5, 5.41) is 13.2. The van der Waals surface area contributed by atoms with Crippen molar-refractivity contribution in [1.82, 2.24) is 14.1 Å². The van der Waals surface area contributed by atoms with Crippen LogP contribution in [0.25, 0.3) is 0 Å². The Balaban J connectivity index is 1.74.